The summed E-state index contributed by atoms with van der Waals surface area (Å²) in [7, 11) is 4.18. The number of anilines is 1. The molecule has 0 aliphatic carbocycles. The molecule has 2 nitrogen and oxygen atoms in total. The van der Waals surface area contributed by atoms with Crippen LogP contribution < -0.4 is 5.32 Å². The molecule has 0 bridgehead atoms. The fraction of sp³-hybridized carbons (Fsp3) is 0.294. The molecule has 0 saturated heterocycles. The van der Waals surface area contributed by atoms with E-state index in [1.807, 2.05) is 6.07 Å². The summed E-state index contributed by atoms with van der Waals surface area (Å²) in [6.45, 7) is 3.16. The van der Waals surface area contributed by atoms with Crippen LogP contribution >= 0.6 is 0 Å². The normalized spacial score (nSPS) is 12.4. The predicted molar refractivity (Wildman–Crippen MR) is 82.3 cm³/mol. The van der Waals surface area contributed by atoms with Gasteiger partial charge in [0.25, 0.3) is 0 Å². The Hall–Kier alpha value is -1.80. The summed E-state index contributed by atoms with van der Waals surface area (Å²) in [6, 6.07) is 19.5. The number of hydrogen-bond donors (Lipinski definition) is 1. The Balaban J connectivity index is 2.06. The van der Waals surface area contributed by atoms with Crippen LogP contribution in [0.15, 0.2) is 54.6 Å². The summed E-state index contributed by atoms with van der Waals surface area (Å²) in [5, 5.41) is 3.55. The molecule has 2 aromatic rings. The lowest BCUT2D eigenvalue weighted by Crippen LogP contribution is -2.11. The van der Waals surface area contributed by atoms with Gasteiger partial charge in [-0.15, -0.1) is 0 Å². The van der Waals surface area contributed by atoms with Gasteiger partial charge in [-0.3, -0.25) is 0 Å². The molecule has 0 spiro atoms. The van der Waals surface area contributed by atoms with Gasteiger partial charge in [-0.1, -0.05) is 42.5 Å². The molecule has 0 saturated carbocycles. The topological polar surface area (TPSA) is 15.3 Å². The van der Waals surface area contributed by atoms with Crippen LogP contribution in [0, 0.1) is 0 Å². The van der Waals surface area contributed by atoms with Crippen molar-refractivity contribution in [2.45, 2.75) is 19.5 Å². The van der Waals surface area contributed by atoms with Gasteiger partial charge in [0.05, 0.1) is 0 Å². The van der Waals surface area contributed by atoms with Crippen molar-refractivity contribution >= 4 is 5.69 Å². The molecule has 0 radical (unpaired) electrons. The number of nitrogens with one attached hydrogen (secondary N) is 1. The van der Waals surface area contributed by atoms with E-state index in [0.29, 0.717) is 6.04 Å². The van der Waals surface area contributed by atoms with E-state index in [1.165, 1.54) is 16.8 Å². The second-order valence-corrected chi connectivity index (χ2v) is 5.21. The summed E-state index contributed by atoms with van der Waals surface area (Å²) in [6.07, 6.45) is 0. The van der Waals surface area contributed by atoms with Gasteiger partial charge in [-0.05, 0) is 44.3 Å². The van der Waals surface area contributed by atoms with Crippen LogP contribution in [0.3, 0.4) is 0 Å². The van der Waals surface area contributed by atoms with Crippen LogP contribution in [0.5, 0.6) is 0 Å². The first kappa shape index (κ1) is 13.6. The maximum absolute atomic E-state index is 3.55. The van der Waals surface area contributed by atoms with E-state index in [0.717, 1.165) is 6.54 Å². The molecule has 0 aliphatic heterocycles. The molecule has 2 aromatic carbocycles. The monoisotopic (exact) mass is 254 g/mol. The lowest BCUT2D eigenvalue weighted by molar-refractivity contribution is 0.402. The summed E-state index contributed by atoms with van der Waals surface area (Å²) >= 11 is 0. The van der Waals surface area contributed by atoms with E-state index in [1.54, 1.807) is 0 Å². The van der Waals surface area contributed by atoms with Gasteiger partial charge in [0.1, 0.15) is 0 Å². The van der Waals surface area contributed by atoms with E-state index < -0.39 is 0 Å². The van der Waals surface area contributed by atoms with Crippen molar-refractivity contribution < 1.29 is 0 Å². The molecule has 1 unspecified atom stereocenters. The fourth-order valence-corrected chi connectivity index (χ4v) is 2.20. The Morgan fingerprint density at radius 3 is 2.42 bits per heavy atom. The molecule has 2 rings (SSSR count). The Kier molecular flexibility index (Phi) is 4.58. The minimum atomic E-state index is 0.316. The molecule has 0 heterocycles. The molecule has 0 aromatic heterocycles. The van der Waals surface area contributed by atoms with Gasteiger partial charge in [0.2, 0.25) is 0 Å². The van der Waals surface area contributed by atoms with Gasteiger partial charge in [-0.25, -0.2) is 0 Å². The standard InChI is InChI=1S/C17H22N2/c1-14(16-9-5-4-6-10-16)18-17-11-7-8-15(12-17)13-19(2)3/h4-12,14,18H,13H2,1-3H3. The predicted octanol–water partition coefficient (Wildman–Crippen LogP) is 3.92. The zero-order valence-corrected chi connectivity index (χ0v) is 11.9. The van der Waals surface area contributed by atoms with Crippen LogP contribution in [-0.4, -0.2) is 19.0 Å². The lowest BCUT2D eigenvalue weighted by atomic mass is 10.1. The first-order valence-electron chi connectivity index (χ1n) is 6.70. The highest BCUT2D eigenvalue weighted by molar-refractivity contribution is 5.47. The number of rotatable bonds is 5. The van der Waals surface area contributed by atoms with E-state index >= 15 is 0 Å². The zero-order valence-electron chi connectivity index (χ0n) is 11.9. The van der Waals surface area contributed by atoms with E-state index in [4.69, 9.17) is 0 Å². The van der Waals surface area contributed by atoms with Crippen molar-refractivity contribution in [3.8, 4) is 0 Å². The van der Waals surface area contributed by atoms with Crippen LogP contribution in [0.25, 0.3) is 0 Å². The second-order valence-electron chi connectivity index (χ2n) is 5.21. The summed E-state index contributed by atoms with van der Waals surface area (Å²) < 4.78 is 0. The maximum atomic E-state index is 3.55. The fourth-order valence-electron chi connectivity index (χ4n) is 2.20. The maximum Gasteiger partial charge on any atom is 0.0485 e. The Bertz CT molecular complexity index is 506. The number of benzene rings is 2. The minimum Gasteiger partial charge on any atom is -0.379 e. The van der Waals surface area contributed by atoms with Crippen molar-refractivity contribution in [2.75, 3.05) is 19.4 Å². The van der Waals surface area contributed by atoms with Crippen molar-refractivity contribution in [3.63, 3.8) is 0 Å². The van der Waals surface area contributed by atoms with Gasteiger partial charge in [0, 0.05) is 18.3 Å². The third kappa shape index (κ3) is 4.11. The van der Waals surface area contributed by atoms with E-state index in [-0.39, 0.29) is 0 Å². The third-order valence-corrected chi connectivity index (χ3v) is 3.11. The average molecular weight is 254 g/mol. The van der Waals surface area contributed by atoms with Crippen LogP contribution in [0.4, 0.5) is 5.69 Å². The lowest BCUT2D eigenvalue weighted by Gasteiger charge is -2.17. The van der Waals surface area contributed by atoms with Crippen LogP contribution in [-0.2, 0) is 6.54 Å². The highest BCUT2D eigenvalue weighted by Crippen LogP contribution is 2.20. The molecule has 2 heteroatoms. The summed E-state index contributed by atoms with van der Waals surface area (Å²) in [5.74, 6) is 0. The quantitative estimate of drug-likeness (QED) is 0.870. The summed E-state index contributed by atoms with van der Waals surface area (Å²) in [4.78, 5) is 2.18. The first-order chi connectivity index (χ1) is 9.15. The molecule has 0 amide bonds. The Labute approximate surface area is 116 Å². The second kappa shape index (κ2) is 6.39. The van der Waals surface area contributed by atoms with Gasteiger partial charge < -0.3 is 10.2 Å². The van der Waals surface area contributed by atoms with Gasteiger partial charge >= 0.3 is 0 Å². The molecule has 1 N–H and O–H groups in total. The van der Waals surface area contributed by atoms with Crippen LogP contribution in [0.1, 0.15) is 24.1 Å². The first-order valence-corrected chi connectivity index (χ1v) is 6.70. The van der Waals surface area contributed by atoms with Crippen LogP contribution in [0.2, 0.25) is 0 Å². The van der Waals surface area contributed by atoms with Crippen molar-refractivity contribution in [2.24, 2.45) is 0 Å². The average Bonchev–Trinajstić information content (AvgIpc) is 2.39. The Morgan fingerprint density at radius 2 is 1.74 bits per heavy atom. The van der Waals surface area contributed by atoms with E-state index in [9.17, 15) is 0 Å². The number of hydrogen-bond acceptors (Lipinski definition) is 2. The molecule has 19 heavy (non-hydrogen) atoms. The smallest absolute Gasteiger partial charge is 0.0485 e. The molecular weight excluding hydrogens is 232 g/mol. The largest absolute Gasteiger partial charge is 0.379 e. The van der Waals surface area contributed by atoms with Crippen molar-refractivity contribution in [1.29, 1.82) is 0 Å². The molecule has 0 fully saturated rings. The van der Waals surface area contributed by atoms with Crippen molar-refractivity contribution in [3.05, 3.63) is 65.7 Å². The van der Waals surface area contributed by atoms with Gasteiger partial charge in [-0.2, -0.15) is 0 Å². The molecular formula is C17H22N2. The third-order valence-electron chi connectivity index (χ3n) is 3.11. The SMILES string of the molecule is CC(Nc1cccc(CN(C)C)c1)c1ccccc1. The van der Waals surface area contributed by atoms with Gasteiger partial charge in [0.15, 0.2) is 0 Å². The minimum absolute atomic E-state index is 0.316. The Morgan fingerprint density at radius 1 is 1.00 bits per heavy atom. The zero-order chi connectivity index (χ0) is 13.7. The highest BCUT2D eigenvalue weighted by atomic mass is 15.0. The number of nitrogens with zero attached hydrogens (tertiary/aromatic N) is 1. The molecule has 0 aliphatic rings. The summed E-state index contributed by atoms with van der Waals surface area (Å²) in [5.41, 5.74) is 3.81. The molecule has 100 valence electrons. The molecule has 1 atom stereocenters. The van der Waals surface area contributed by atoms with E-state index in [2.05, 4.69) is 79.8 Å². The van der Waals surface area contributed by atoms with Crippen molar-refractivity contribution in [1.82, 2.24) is 4.90 Å². The highest BCUT2D eigenvalue weighted by Gasteiger charge is 2.05.